The highest BCUT2D eigenvalue weighted by Gasteiger charge is 2.17. The normalized spacial score (nSPS) is 11.4. The fourth-order valence-corrected chi connectivity index (χ4v) is 2.49. The van der Waals surface area contributed by atoms with E-state index in [-0.39, 0.29) is 0 Å². The van der Waals surface area contributed by atoms with Gasteiger partial charge in [0.25, 0.3) is 5.65 Å². The monoisotopic (exact) mass is 231 g/mol. The molecule has 0 saturated carbocycles. The Labute approximate surface area is 98.7 Å². The van der Waals surface area contributed by atoms with Crippen LogP contribution in [0, 0.1) is 0 Å². The fourth-order valence-electron chi connectivity index (χ4n) is 2.34. The van der Waals surface area contributed by atoms with E-state index < -0.39 is 0 Å². The van der Waals surface area contributed by atoms with Crippen LogP contribution in [0.3, 0.4) is 0 Å². The molecular formula is C13H12ClN2+. The average Bonchev–Trinajstić information content (AvgIpc) is 2.59. The standard InChI is InChI=1S/C13H12ClN2/c1-15-11-6-4-3-5-9(11)10-7-8-12(14)16(2)13(10)15/h3-8H,1-2H3/q+1. The molecule has 0 aliphatic rings. The molecule has 3 heteroatoms. The summed E-state index contributed by atoms with van der Waals surface area (Å²) in [6.07, 6.45) is 0. The quantitative estimate of drug-likeness (QED) is 0.416. The summed E-state index contributed by atoms with van der Waals surface area (Å²) >= 11 is 6.14. The maximum atomic E-state index is 6.14. The summed E-state index contributed by atoms with van der Waals surface area (Å²) in [5.41, 5.74) is 2.38. The number of fused-ring (bicyclic) bond motifs is 3. The second-order valence-corrected chi connectivity index (χ2v) is 4.42. The number of aromatic nitrogens is 2. The number of para-hydroxylation sites is 1. The minimum Gasteiger partial charge on any atom is -0.229 e. The molecule has 0 bridgehead atoms. The molecule has 0 fully saturated rings. The minimum absolute atomic E-state index is 0.749. The molecule has 80 valence electrons. The molecule has 1 aromatic carbocycles. The zero-order valence-electron chi connectivity index (χ0n) is 9.24. The van der Waals surface area contributed by atoms with Gasteiger partial charge in [-0.15, -0.1) is 0 Å². The third-order valence-corrected chi connectivity index (χ3v) is 3.52. The molecule has 3 rings (SSSR count). The Morgan fingerprint density at radius 2 is 1.81 bits per heavy atom. The Hall–Kier alpha value is -1.54. The first-order chi connectivity index (χ1) is 7.70. The summed E-state index contributed by atoms with van der Waals surface area (Å²) in [6, 6.07) is 12.4. The van der Waals surface area contributed by atoms with E-state index in [2.05, 4.69) is 41.9 Å². The Morgan fingerprint density at radius 1 is 1.06 bits per heavy atom. The Bertz CT molecular complexity index is 698. The number of nitrogens with zero attached hydrogens (tertiary/aromatic N) is 2. The van der Waals surface area contributed by atoms with Crippen LogP contribution in [0.15, 0.2) is 36.4 Å². The molecule has 2 aromatic heterocycles. The number of benzene rings is 1. The topological polar surface area (TPSA) is 8.81 Å². The summed E-state index contributed by atoms with van der Waals surface area (Å²) in [7, 11) is 4.06. The molecule has 0 unspecified atom stereocenters. The Kier molecular flexibility index (Phi) is 1.95. The number of halogens is 1. The number of rotatable bonds is 0. The van der Waals surface area contributed by atoms with Crippen molar-refractivity contribution in [2.24, 2.45) is 14.1 Å². The average molecular weight is 232 g/mol. The van der Waals surface area contributed by atoms with Crippen molar-refractivity contribution in [1.29, 1.82) is 0 Å². The summed E-state index contributed by atoms with van der Waals surface area (Å²) in [5.74, 6) is 0. The molecule has 2 heterocycles. The molecule has 16 heavy (non-hydrogen) atoms. The van der Waals surface area contributed by atoms with Crippen molar-refractivity contribution < 1.29 is 4.57 Å². The van der Waals surface area contributed by atoms with Gasteiger partial charge in [0.15, 0.2) is 5.15 Å². The SMILES string of the molecule is Cn1c2ccccc2c2ccc(Cl)[n+](C)c21. The number of hydrogen-bond acceptors (Lipinski definition) is 0. The molecule has 3 aromatic rings. The molecule has 2 nitrogen and oxygen atoms in total. The predicted octanol–water partition coefficient (Wildman–Crippen LogP) is 2.81. The smallest absolute Gasteiger partial charge is 0.229 e. The number of pyridine rings is 1. The number of hydrogen-bond donors (Lipinski definition) is 0. The van der Waals surface area contributed by atoms with Crippen LogP contribution in [0.5, 0.6) is 0 Å². The van der Waals surface area contributed by atoms with E-state index in [0.717, 1.165) is 10.8 Å². The van der Waals surface area contributed by atoms with Crippen LogP contribution in [0.1, 0.15) is 0 Å². The summed E-state index contributed by atoms with van der Waals surface area (Å²) < 4.78 is 4.19. The van der Waals surface area contributed by atoms with Crippen LogP contribution in [0.2, 0.25) is 5.15 Å². The molecule has 0 atom stereocenters. The van der Waals surface area contributed by atoms with Crippen molar-refractivity contribution in [3.63, 3.8) is 0 Å². The first-order valence-corrected chi connectivity index (χ1v) is 5.59. The molecule has 0 saturated heterocycles. The zero-order valence-corrected chi connectivity index (χ0v) is 9.99. The molecule has 0 radical (unpaired) electrons. The van der Waals surface area contributed by atoms with Gasteiger partial charge in [0.05, 0.1) is 19.5 Å². The van der Waals surface area contributed by atoms with Gasteiger partial charge in [-0.1, -0.05) is 12.1 Å². The van der Waals surface area contributed by atoms with E-state index in [4.69, 9.17) is 11.6 Å². The van der Waals surface area contributed by atoms with E-state index in [1.54, 1.807) is 0 Å². The van der Waals surface area contributed by atoms with Crippen molar-refractivity contribution in [3.05, 3.63) is 41.6 Å². The first kappa shape index (κ1) is 9.67. The van der Waals surface area contributed by atoms with Crippen LogP contribution in [-0.2, 0) is 14.1 Å². The molecule has 0 N–H and O–H groups in total. The van der Waals surface area contributed by atoms with Crippen LogP contribution in [0.25, 0.3) is 21.9 Å². The summed E-state index contributed by atoms with van der Waals surface area (Å²) in [6.45, 7) is 0. The minimum atomic E-state index is 0.749. The maximum absolute atomic E-state index is 6.14. The van der Waals surface area contributed by atoms with E-state index in [9.17, 15) is 0 Å². The van der Waals surface area contributed by atoms with Crippen molar-refractivity contribution in [2.45, 2.75) is 0 Å². The van der Waals surface area contributed by atoms with Gasteiger partial charge < -0.3 is 0 Å². The highest BCUT2D eigenvalue weighted by atomic mass is 35.5. The molecule has 0 spiro atoms. The predicted molar refractivity (Wildman–Crippen MR) is 66.6 cm³/mol. The first-order valence-electron chi connectivity index (χ1n) is 5.22. The van der Waals surface area contributed by atoms with Crippen molar-refractivity contribution in [2.75, 3.05) is 0 Å². The van der Waals surface area contributed by atoms with Crippen LogP contribution in [0.4, 0.5) is 0 Å². The fraction of sp³-hybridized carbons (Fsp3) is 0.154. The van der Waals surface area contributed by atoms with Gasteiger partial charge in [-0.2, -0.15) is 0 Å². The molecule has 0 aliphatic heterocycles. The molecular weight excluding hydrogens is 220 g/mol. The third-order valence-electron chi connectivity index (χ3n) is 3.14. The van der Waals surface area contributed by atoms with Crippen LogP contribution in [-0.4, -0.2) is 4.57 Å². The third kappa shape index (κ3) is 1.11. The molecule has 0 amide bonds. The molecule has 0 aliphatic carbocycles. The van der Waals surface area contributed by atoms with Gasteiger partial charge in [-0.3, -0.25) is 0 Å². The lowest BCUT2D eigenvalue weighted by Gasteiger charge is -1.97. The van der Waals surface area contributed by atoms with Crippen LogP contribution >= 0.6 is 11.6 Å². The summed E-state index contributed by atoms with van der Waals surface area (Å²) in [4.78, 5) is 0. The van der Waals surface area contributed by atoms with E-state index >= 15 is 0 Å². The van der Waals surface area contributed by atoms with Crippen molar-refractivity contribution in [3.8, 4) is 0 Å². The lowest BCUT2D eigenvalue weighted by Crippen LogP contribution is -2.31. The maximum Gasteiger partial charge on any atom is 0.290 e. The highest BCUT2D eigenvalue weighted by molar-refractivity contribution is 6.28. The Morgan fingerprint density at radius 3 is 2.62 bits per heavy atom. The largest absolute Gasteiger partial charge is 0.290 e. The second-order valence-electron chi connectivity index (χ2n) is 4.03. The van der Waals surface area contributed by atoms with Gasteiger partial charge in [0.2, 0.25) is 0 Å². The van der Waals surface area contributed by atoms with E-state index in [0.29, 0.717) is 0 Å². The van der Waals surface area contributed by atoms with Gasteiger partial charge in [-0.05, 0) is 35.9 Å². The van der Waals surface area contributed by atoms with E-state index in [1.807, 2.05) is 17.7 Å². The van der Waals surface area contributed by atoms with Crippen molar-refractivity contribution in [1.82, 2.24) is 4.57 Å². The number of aryl methyl sites for hydroxylation is 2. The zero-order chi connectivity index (χ0) is 11.3. The van der Waals surface area contributed by atoms with Gasteiger partial charge in [-0.25, -0.2) is 9.13 Å². The van der Waals surface area contributed by atoms with E-state index in [1.165, 1.54) is 16.3 Å². The van der Waals surface area contributed by atoms with Gasteiger partial charge >= 0.3 is 0 Å². The lowest BCUT2D eigenvalue weighted by molar-refractivity contribution is -0.645. The second kappa shape index (κ2) is 3.22. The lowest BCUT2D eigenvalue weighted by atomic mass is 10.2. The Balaban J connectivity index is 2.67. The van der Waals surface area contributed by atoms with Gasteiger partial charge in [0.1, 0.15) is 5.52 Å². The summed E-state index contributed by atoms with van der Waals surface area (Å²) in [5, 5.41) is 3.26. The van der Waals surface area contributed by atoms with Gasteiger partial charge in [0, 0.05) is 5.39 Å². The highest BCUT2D eigenvalue weighted by Crippen LogP contribution is 2.26. The van der Waals surface area contributed by atoms with Crippen molar-refractivity contribution >= 4 is 33.5 Å². The van der Waals surface area contributed by atoms with Crippen LogP contribution < -0.4 is 4.57 Å².